The lowest BCUT2D eigenvalue weighted by Crippen LogP contribution is -2.49. The van der Waals surface area contributed by atoms with E-state index in [2.05, 4.69) is 10.3 Å². The highest BCUT2D eigenvalue weighted by atomic mass is 32.1. The van der Waals surface area contributed by atoms with Crippen LogP contribution in [0.15, 0.2) is 54.0 Å². The number of aliphatic hydroxyl groups is 1. The number of likely N-dealkylation sites (N-methyl/N-ethyl adjacent to an activating group) is 1. The van der Waals surface area contributed by atoms with Crippen LogP contribution >= 0.6 is 11.3 Å². The Kier molecular flexibility index (Phi) is 8.03. The van der Waals surface area contributed by atoms with Crippen molar-refractivity contribution in [2.75, 3.05) is 39.1 Å². The number of amides is 2. The number of ether oxygens (including phenoxy) is 1. The molecule has 2 aromatic carbocycles. The van der Waals surface area contributed by atoms with Crippen molar-refractivity contribution in [1.82, 2.24) is 14.8 Å². The molecule has 0 unspecified atom stereocenters. The van der Waals surface area contributed by atoms with Crippen molar-refractivity contribution in [2.24, 2.45) is 5.92 Å². The molecule has 36 heavy (non-hydrogen) atoms. The number of carbonyl (C=O) groups excluding carboxylic acids is 2. The topological polar surface area (TPSA) is 95.0 Å². The van der Waals surface area contributed by atoms with E-state index in [1.165, 1.54) is 11.3 Å². The molecule has 190 valence electrons. The summed E-state index contributed by atoms with van der Waals surface area (Å²) in [5.74, 6) is -0.181. The Hall–Kier alpha value is -3.27. The van der Waals surface area contributed by atoms with Gasteiger partial charge in [-0.25, -0.2) is 4.98 Å². The summed E-state index contributed by atoms with van der Waals surface area (Å²) in [5, 5.41) is 15.5. The molecule has 0 aliphatic carbocycles. The minimum absolute atomic E-state index is 0.000614. The Morgan fingerprint density at radius 2 is 2.03 bits per heavy atom. The number of rotatable bonds is 7. The molecular formula is C27H32N4O4S. The van der Waals surface area contributed by atoms with Gasteiger partial charge in [0.25, 0.3) is 11.8 Å². The molecule has 2 N–H and O–H groups in total. The highest BCUT2D eigenvalue weighted by Gasteiger charge is 2.34. The van der Waals surface area contributed by atoms with Crippen LogP contribution in [0.1, 0.15) is 34.6 Å². The second-order valence-corrected chi connectivity index (χ2v) is 10.3. The first-order chi connectivity index (χ1) is 17.3. The number of thiazole rings is 1. The van der Waals surface area contributed by atoms with E-state index in [1.807, 2.05) is 50.4 Å². The normalized spacial score (nSPS) is 18.7. The third-order valence-corrected chi connectivity index (χ3v) is 7.13. The lowest BCUT2D eigenvalue weighted by molar-refractivity contribution is 0.0365. The van der Waals surface area contributed by atoms with Crippen LogP contribution in [0.2, 0.25) is 0 Å². The van der Waals surface area contributed by atoms with Gasteiger partial charge < -0.3 is 25.0 Å². The maximum atomic E-state index is 13.5. The molecule has 0 bridgehead atoms. The first-order valence-corrected chi connectivity index (χ1v) is 12.8. The monoisotopic (exact) mass is 508 g/mol. The Morgan fingerprint density at radius 1 is 1.28 bits per heavy atom. The van der Waals surface area contributed by atoms with Gasteiger partial charge in [-0.05, 0) is 45.3 Å². The second kappa shape index (κ2) is 11.2. The van der Waals surface area contributed by atoms with E-state index >= 15 is 0 Å². The third-order valence-electron chi connectivity index (χ3n) is 6.31. The van der Waals surface area contributed by atoms with Crippen LogP contribution < -0.4 is 10.1 Å². The smallest absolute Gasteiger partial charge is 0.258 e. The minimum atomic E-state index is -0.347. The number of aliphatic hydroxyl groups excluding tert-OH is 1. The van der Waals surface area contributed by atoms with Crippen LogP contribution in [0.4, 0.5) is 5.69 Å². The van der Waals surface area contributed by atoms with Gasteiger partial charge in [0.1, 0.15) is 11.1 Å². The van der Waals surface area contributed by atoms with Crippen molar-refractivity contribution in [3.63, 3.8) is 0 Å². The molecule has 3 atom stereocenters. The fourth-order valence-electron chi connectivity index (χ4n) is 4.24. The number of hydrogen-bond donors (Lipinski definition) is 2. The maximum Gasteiger partial charge on any atom is 0.258 e. The molecular weight excluding hydrogens is 476 g/mol. The van der Waals surface area contributed by atoms with Crippen molar-refractivity contribution >= 4 is 28.8 Å². The van der Waals surface area contributed by atoms with E-state index in [4.69, 9.17) is 4.74 Å². The first kappa shape index (κ1) is 25.8. The van der Waals surface area contributed by atoms with Crippen molar-refractivity contribution in [1.29, 1.82) is 0 Å². The summed E-state index contributed by atoms with van der Waals surface area (Å²) in [5.41, 5.74) is 2.23. The Bertz CT molecular complexity index is 1200. The van der Waals surface area contributed by atoms with Gasteiger partial charge in [-0.1, -0.05) is 25.1 Å². The lowest BCUT2D eigenvalue weighted by Gasteiger charge is -2.38. The molecule has 0 fully saturated rings. The van der Waals surface area contributed by atoms with Crippen LogP contribution in [0, 0.1) is 5.92 Å². The summed E-state index contributed by atoms with van der Waals surface area (Å²) >= 11 is 1.54. The highest BCUT2D eigenvalue weighted by Crippen LogP contribution is 2.35. The Morgan fingerprint density at radius 3 is 2.67 bits per heavy atom. The molecule has 2 amide bonds. The lowest BCUT2D eigenvalue weighted by atomic mass is 9.99. The van der Waals surface area contributed by atoms with Gasteiger partial charge in [-0.15, -0.1) is 11.3 Å². The van der Waals surface area contributed by atoms with Crippen molar-refractivity contribution < 1.29 is 19.4 Å². The van der Waals surface area contributed by atoms with Crippen LogP contribution in [0.25, 0.3) is 10.6 Å². The predicted molar refractivity (Wildman–Crippen MR) is 142 cm³/mol. The molecule has 1 aliphatic heterocycles. The average Bonchev–Trinajstić information content (AvgIpc) is 3.41. The Labute approximate surface area is 215 Å². The second-order valence-electron chi connectivity index (χ2n) is 9.44. The molecule has 9 heteroatoms. The predicted octanol–water partition coefficient (Wildman–Crippen LogP) is 3.84. The standard InChI is InChI=1S/C27H32N4O4S/c1-17-14-31(18(2)16-32)27(34)21-6-5-7-22(24(21)35-23(17)15-30(3)4)29-25(33)19-8-10-20(11-9-19)26-28-12-13-36-26/h5-13,17-18,23,32H,14-16H2,1-4H3,(H,29,33)/t17-,18-,23-/m0/s1. The summed E-state index contributed by atoms with van der Waals surface area (Å²) in [6, 6.07) is 12.1. The number of carbonyl (C=O) groups is 2. The van der Waals surface area contributed by atoms with Gasteiger partial charge in [0.2, 0.25) is 0 Å². The Balaban J connectivity index is 1.66. The fourth-order valence-corrected chi connectivity index (χ4v) is 4.89. The van der Waals surface area contributed by atoms with Gasteiger partial charge in [0.05, 0.1) is 23.9 Å². The number of benzene rings is 2. The molecule has 3 aromatic rings. The maximum absolute atomic E-state index is 13.5. The van der Waals surface area contributed by atoms with E-state index in [1.54, 1.807) is 41.4 Å². The van der Waals surface area contributed by atoms with Crippen LogP contribution in [0.5, 0.6) is 5.75 Å². The summed E-state index contributed by atoms with van der Waals surface area (Å²) in [6.45, 7) is 4.82. The van der Waals surface area contributed by atoms with Crippen LogP contribution in [-0.4, -0.2) is 77.6 Å². The molecule has 4 rings (SSSR count). The molecule has 0 spiro atoms. The number of hydrogen-bond acceptors (Lipinski definition) is 7. The van der Waals surface area contributed by atoms with E-state index in [0.29, 0.717) is 35.7 Å². The van der Waals surface area contributed by atoms with Gasteiger partial charge in [0.15, 0.2) is 5.75 Å². The number of anilines is 1. The van der Waals surface area contributed by atoms with Gasteiger partial charge in [-0.3, -0.25) is 9.59 Å². The van der Waals surface area contributed by atoms with Gasteiger partial charge in [0, 0.05) is 41.7 Å². The van der Waals surface area contributed by atoms with Gasteiger partial charge in [-0.2, -0.15) is 0 Å². The van der Waals surface area contributed by atoms with Gasteiger partial charge >= 0.3 is 0 Å². The summed E-state index contributed by atoms with van der Waals surface area (Å²) in [7, 11) is 3.94. The zero-order chi connectivity index (χ0) is 25.8. The first-order valence-electron chi connectivity index (χ1n) is 12.0. The fraction of sp³-hybridized carbons (Fsp3) is 0.370. The van der Waals surface area contributed by atoms with E-state index in [-0.39, 0.29) is 36.5 Å². The molecule has 0 saturated heterocycles. The number of fused-ring (bicyclic) bond motifs is 1. The number of nitrogens with one attached hydrogen (secondary N) is 1. The van der Waals surface area contributed by atoms with Crippen molar-refractivity contribution in [2.45, 2.75) is 26.0 Å². The van der Waals surface area contributed by atoms with Crippen LogP contribution in [0.3, 0.4) is 0 Å². The molecule has 2 heterocycles. The zero-order valence-corrected chi connectivity index (χ0v) is 21.8. The number of nitrogens with zero attached hydrogens (tertiary/aromatic N) is 3. The van der Waals surface area contributed by atoms with Crippen LogP contribution in [-0.2, 0) is 0 Å². The SMILES string of the molecule is C[C@H]1CN([C@@H](C)CO)C(=O)c2cccc(NC(=O)c3ccc(-c4nccs4)cc3)c2O[C@H]1CN(C)C. The number of para-hydroxylation sites is 1. The number of aromatic nitrogens is 1. The van der Waals surface area contributed by atoms with E-state index in [9.17, 15) is 14.7 Å². The molecule has 1 aromatic heterocycles. The van der Waals surface area contributed by atoms with E-state index < -0.39 is 0 Å². The quantitative estimate of drug-likeness (QED) is 0.504. The average molecular weight is 509 g/mol. The minimum Gasteiger partial charge on any atom is -0.486 e. The largest absolute Gasteiger partial charge is 0.486 e. The zero-order valence-electron chi connectivity index (χ0n) is 21.0. The summed E-state index contributed by atoms with van der Waals surface area (Å²) in [6.07, 6.45) is 1.52. The molecule has 1 aliphatic rings. The van der Waals surface area contributed by atoms with Crippen molar-refractivity contribution in [3.8, 4) is 16.3 Å². The summed E-state index contributed by atoms with van der Waals surface area (Å²) in [4.78, 5) is 34.7. The van der Waals surface area contributed by atoms with E-state index in [0.717, 1.165) is 10.6 Å². The molecule has 0 saturated carbocycles. The molecule has 0 radical (unpaired) electrons. The summed E-state index contributed by atoms with van der Waals surface area (Å²) < 4.78 is 6.45. The molecule has 8 nitrogen and oxygen atoms in total. The third kappa shape index (κ3) is 5.59. The highest BCUT2D eigenvalue weighted by molar-refractivity contribution is 7.13. The van der Waals surface area contributed by atoms with Crippen molar-refractivity contribution in [3.05, 3.63) is 65.2 Å².